The van der Waals surface area contributed by atoms with Crippen LogP contribution in [0.3, 0.4) is 0 Å². The van der Waals surface area contributed by atoms with Crippen LogP contribution in [0, 0.1) is 0 Å². The second-order valence-electron chi connectivity index (χ2n) is 5.62. The molecule has 26 heavy (non-hydrogen) atoms. The lowest BCUT2D eigenvalue weighted by Crippen LogP contribution is -2.19. The van der Waals surface area contributed by atoms with Gasteiger partial charge < -0.3 is 10.6 Å². The fraction of sp³-hybridized carbons (Fsp3) is 0.222. The molecule has 0 saturated heterocycles. The van der Waals surface area contributed by atoms with Crippen molar-refractivity contribution in [3.05, 3.63) is 59.7 Å². The van der Waals surface area contributed by atoms with Crippen molar-refractivity contribution in [1.29, 1.82) is 0 Å². The van der Waals surface area contributed by atoms with Gasteiger partial charge in [0.2, 0.25) is 10.0 Å². The van der Waals surface area contributed by atoms with E-state index in [9.17, 15) is 18.0 Å². The van der Waals surface area contributed by atoms with Gasteiger partial charge in [-0.2, -0.15) is 0 Å². The molecule has 0 atom stereocenters. The number of anilines is 2. The van der Waals surface area contributed by atoms with Crippen molar-refractivity contribution < 1.29 is 18.0 Å². The van der Waals surface area contributed by atoms with Crippen molar-refractivity contribution in [2.75, 3.05) is 22.8 Å². The van der Waals surface area contributed by atoms with E-state index in [1.165, 1.54) is 13.1 Å². The van der Waals surface area contributed by atoms with Crippen molar-refractivity contribution >= 4 is 33.2 Å². The quantitative estimate of drug-likeness (QED) is 0.691. The summed E-state index contributed by atoms with van der Waals surface area (Å²) in [6.07, 6.45) is 0.497. The first-order chi connectivity index (χ1) is 12.3. The molecule has 0 fully saturated rings. The lowest BCUT2D eigenvalue weighted by atomic mass is 10.1. The Kier molecular flexibility index (Phi) is 6.35. The van der Waals surface area contributed by atoms with E-state index in [0.717, 1.165) is 0 Å². The van der Waals surface area contributed by atoms with E-state index >= 15 is 0 Å². The van der Waals surface area contributed by atoms with Gasteiger partial charge in [-0.25, -0.2) is 8.42 Å². The number of carbonyl (C=O) groups is 2. The summed E-state index contributed by atoms with van der Waals surface area (Å²) in [5.41, 5.74) is 1.51. The minimum Gasteiger partial charge on any atom is -0.355 e. The zero-order valence-corrected chi connectivity index (χ0v) is 15.4. The van der Waals surface area contributed by atoms with Crippen molar-refractivity contribution in [1.82, 2.24) is 5.32 Å². The Balaban J connectivity index is 2.15. The van der Waals surface area contributed by atoms with E-state index in [1.54, 1.807) is 49.4 Å². The zero-order valence-electron chi connectivity index (χ0n) is 14.6. The van der Waals surface area contributed by atoms with Gasteiger partial charge in [-0.3, -0.25) is 14.3 Å². The summed E-state index contributed by atoms with van der Waals surface area (Å²) < 4.78 is 26.2. The molecule has 7 nitrogen and oxygen atoms in total. The Morgan fingerprint density at radius 1 is 0.923 bits per heavy atom. The third-order valence-corrected chi connectivity index (χ3v) is 4.97. The average molecular weight is 375 g/mol. The van der Waals surface area contributed by atoms with Crippen LogP contribution in [0.4, 0.5) is 11.4 Å². The first kappa shape index (κ1) is 19.5. The second-order valence-corrected chi connectivity index (χ2v) is 7.46. The summed E-state index contributed by atoms with van der Waals surface area (Å²) in [6.45, 7) is 1.77. The van der Waals surface area contributed by atoms with Crippen LogP contribution in [-0.4, -0.2) is 33.0 Å². The number of benzene rings is 2. The van der Waals surface area contributed by atoms with Gasteiger partial charge >= 0.3 is 0 Å². The summed E-state index contributed by atoms with van der Waals surface area (Å²) >= 11 is 0. The van der Waals surface area contributed by atoms with Gasteiger partial charge in [-0.15, -0.1) is 0 Å². The molecule has 0 radical (unpaired) electrons. The Hall–Kier alpha value is -2.87. The topological polar surface area (TPSA) is 104 Å². The minimum atomic E-state index is -3.43. The molecule has 0 saturated carbocycles. The molecule has 2 aromatic rings. The summed E-state index contributed by atoms with van der Waals surface area (Å²) in [5, 5.41) is 5.21. The van der Waals surface area contributed by atoms with Crippen LogP contribution in [-0.2, 0) is 10.0 Å². The number of hydrogen-bond acceptors (Lipinski definition) is 4. The first-order valence-electron chi connectivity index (χ1n) is 8.08. The molecule has 0 unspecified atom stereocenters. The number of hydrogen-bond donors (Lipinski definition) is 3. The van der Waals surface area contributed by atoms with Crippen LogP contribution in [0.25, 0.3) is 0 Å². The third kappa shape index (κ3) is 5.32. The Morgan fingerprint density at radius 2 is 1.50 bits per heavy atom. The van der Waals surface area contributed by atoms with Gasteiger partial charge in [0.25, 0.3) is 11.8 Å². The van der Waals surface area contributed by atoms with Gasteiger partial charge in [0.1, 0.15) is 0 Å². The maximum atomic E-state index is 12.4. The molecule has 0 aliphatic rings. The predicted octanol–water partition coefficient (Wildman–Crippen LogP) is 2.45. The number of carbonyl (C=O) groups excluding carboxylic acids is 2. The van der Waals surface area contributed by atoms with E-state index in [4.69, 9.17) is 0 Å². The van der Waals surface area contributed by atoms with E-state index < -0.39 is 15.9 Å². The number of amides is 2. The highest BCUT2D eigenvalue weighted by atomic mass is 32.2. The highest BCUT2D eigenvalue weighted by Crippen LogP contribution is 2.16. The Morgan fingerprint density at radius 3 is 2.12 bits per heavy atom. The summed E-state index contributed by atoms with van der Waals surface area (Å²) in [5.74, 6) is -0.653. The van der Waals surface area contributed by atoms with Crippen molar-refractivity contribution in [3.8, 4) is 0 Å². The highest BCUT2D eigenvalue weighted by molar-refractivity contribution is 7.92. The molecule has 0 aromatic heterocycles. The highest BCUT2D eigenvalue weighted by Gasteiger charge is 2.12. The normalized spacial score (nSPS) is 10.8. The third-order valence-electron chi connectivity index (χ3n) is 3.48. The number of sulfonamides is 1. The molecule has 3 N–H and O–H groups in total. The summed E-state index contributed by atoms with van der Waals surface area (Å²) in [7, 11) is -1.90. The predicted molar refractivity (Wildman–Crippen MR) is 102 cm³/mol. The molecular weight excluding hydrogens is 354 g/mol. The van der Waals surface area contributed by atoms with E-state index in [0.29, 0.717) is 28.9 Å². The molecule has 0 bridgehead atoms. The zero-order chi connectivity index (χ0) is 19.2. The van der Waals surface area contributed by atoms with Gasteiger partial charge in [-0.05, 0) is 42.8 Å². The van der Waals surface area contributed by atoms with Crippen LogP contribution < -0.4 is 15.4 Å². The maximum Gasteiger partial charge on any atom is 0.255 e. The lowest BCUT2D eigenvalue weighted by Gasteiger charge is -2.10. The standard InChI is InChI=1S/C18H21N3O4S/c1-3-10-26(24,25)21-16-9-5-7-14(12-16)18(23)20-15-8-4-6-13(11-15)17(22)19-2/h4-9,11-12,21H,3,10H2,1-2H3,(H,19,22)(H,20,23). The Labute approximate surface area is 152 Å². The van der Waals surface area contributed by atoms with Crippen LogP contribution in [0.2, 0.25) is 0 Å². The molecule has 0 spiro atoms. The second kappa shape index (κ2) is 8.48. The largest absolute Gasteiger partial charge is 0.355 e. The summed E-state index contributed by atoms with van der Waals surface area (Å²) in [6, 6.07) is 12.7. The molecule has 0 aliphatic carbocycles. The van der Waals surface area contributed by atoms with E-state index in [2.05, 4.69) is 15.4 Å². The molecule has 2 rings (SSSR count). The molecule has 2 amide bonds. The number of rotatable bonds is 7. The first-order valence-corrected chi connectivity index (χ1v) is 9.74. The van der Waals surface area contributed by atoms with Crippen LogP contribution in [0.5, 0.6) is 0 Å². The fourth-order valence-corrected chi connectivity index (χ4v) is 3.43. The monoisotopic (exact) mass is 375 g/mol. The SMILES string of the molecule is CCCS(=O)(=O)Nc1cccc(C(=O)Nc2cccc(C(=O)NC)c2)c1. The van der Waals surface area contributed by atoms with Crippen molar-refractivity contribution in [2.45, 2.75) is 13.3 Å². The Bertz CT molecular complexity index is 910. The molecule has 0 heterocycles. The van der Waals surface area contributed by atoms with E-state index in [-0.39, 0.29) is 11.7 Å². The summed E-state index contributed by atoms with van der Waals surface area (Å²) in [4.78, 5) is 24.1. The van der Waals surface area contributed by atoms with E-state index in [1.807, 2.05) is 0 Å². The van der Waals surface area contributed by atoms with Crippen molar-refractivity contribution in [2.24, 2.45) is 0 Å². The molecule has 0 aliphatic heterocycles. The number of nitrogens with one attached hydrogen (secondary N) is 3. The van der Waals surface area contributed by atoms with Crippen LogP contribution >= 0.6 is 0 Å². The molecule has 8 heteroatoms. The van der Waals surface area contributed by atoms with Crippen LogP contribution in [0.1, 0.15) is 34.1 Å². The van der Waals surface area contributed by atoms with Crippen molar-refractivity contribution in [3.63, 3.8) is 0 Å². The molecular formula is C18H21N3O4S. The smallest absolute Gasteiger partial charge is 0.255 e. The lowest BCUT2D eigenvalue weighted by molar-refractivity contribution is 0.0961. The fourth-order valence-electron chi connectivity index (χ4n) is 2.31. The van der Waals surface area contributed by atoms with Gasteiger partial charge in [0.15, 0.2) is 0 Å². The minimum absolute atomic E-state index is 0.00963. The molecule has 2 aromatic carbocycles. The maximum absolute atomic E-state index is 12.4. The van der Waals surface area contributed by atoms with Gasteiger partial charge in [0, 0.05) is 29.5 Å². The molecule has 138 valence electrons. The van der Waals surface area contributed by atoms with Gasteiger partial charge in [-0.1, -0.05) is 19.1 Å². The average Bonchev–Trinajstić information content (AvgIpc) is 2.61. The van der Waals surface area contributed by atoms with Gasteiger partial charge in [0.05, 0.1) is 5.75 Å². The van der Waals surface area contributed by atoms with Crippen LogP contribution in [0.15, 0.2) is 48.5 Å².